The van der Waals surface area contributed by atoms with E-state index in [0.717, 1.165) is 17.1 Å². The van der Waals surface area contributed by atoms with Crippen LogP contribution in [0, 0.1) is 0 Å². The molecule has 1 heterocycles. The third-order valence-electron chi connectivity index (χ3n) is 3.33. The SMILES string of the molecule is CN=C1S/C(=C\c2cccc(Oc3ccccc3)c2)C(=O)N1C. The van der Waals surface area contributed by atoms with Crippen molar-refractivity contribution in [1.82, 2.24) is 4.90 Å². The van der Waals surface area contributed by atoms with Crippen LogP contribution >= 0.6 is 11.8 Å². The normalized spacial score (nSPS) is 18.0. The summed E-state index contributed by atoms with van der Waals surface area (Å²) in [5.74, 6) is 1.48. The summed E-state index contributed by atoms with van der Waals surface area (Å²) in [6, 6.07) is 17.3. The molecule has 0 radical (unpaired) electrons. The van der Waals surface area contributed by atoms with E-state index >= 15 is 0 Å². The lowest BCUT2D eigenvalue weighted by Gasteiger charge is -2.06. The average molecular weight is 324 g/mol. The molecule has 1 saturated heterocycles. The van der Waals surface area contributed by atoms with Gasteiger partial charge < -0.3 is 4.74 Å². The summed E-state index contributed by atoms with van der Waals surface area (Å²) in [6.07, 6.45) is 1.86. The van der Waals surface area contributed by atoms with E-state index in [9.17, 15) is 4.79 Å². The summed E-state index contributed by atoms with van der Waals surface area (Å²) >= 11 is 1.38. The Kier molecular flexibility index (Phi) is 4.48. The van der Waals surface area contributed by atoms with Crippen LogP contribution in [0.1, 0.15) is 5.56 Å². The second-order valence-corrected chi connectivity index (χ2v) is 5.98. The number of para-hydroxylation sites is 1. The van der Waals surface area contributed by atoms with Crippen LogP contribution in [-0.2, 0) is 4.79 Å². The van der Waals surface area contributed by atoms with Crippen molar-refractivity contribution in [2.75, 3.05) is 14.1 Å². The number of hydrogen-bond donors (Lipinski definition) is 0. The van der Waals surface area contributed by atoms with Crippen LogP contribution in [0.5, 0.6) is 11.5 Å². The molecule has 1 aliphatic rings. The number of nitrogens with zero attached hydrogens (tertiary/aromatic N) is 2. The highest BCUT2D eigenvalue weighted by Crippen LogP contribution is 2.32. The number of hydrogen-bond acceptors (Lipinski definition) is 4. The van der Waals surface area contributed by atoms with Crippen LogP contribution in [0.2, 0.25) is 0 Å². The Morgan fingerprint density at radius 2 is 1.83 bits per heavy atom. The lowest BCUT2D eigenvalue weighted by molar-refractivity contribution is -0.121. The third-order valence-corrected chi connectivity index (χ3v) is 4.48. The van der Waals surface area contributed by atoms with E-state index in [-0.39, 0.29) is 5.91 Å². The maximum atomic E-state index is 12.2. The van der Waals surface area contributed by atoms with Gasteiger partial charge in [-0.1, -0.05) is 30.3 Å². The van der Waals surface area contributed by atoms with Crippen molar-refractivity contribution in [2.24, 2.45) is 4.99 Å². The largest absolute Gasteiger partial charge is 0.457 e. The molecule has 0 N–H and O–H groups in total. The fourth-order valence-corrected chi connectivity index (χ4v) is 3.12. The maximum Gasteiger partial charge on any atom is 0.266 e. The molecule has 116 valence electrons. The first-order chi connectivity index (χ1) is 11.2. The number of carbonyl (C=O) groups excluding carboxylic acids is 1. The van der Waals surface area contributed by atoms with Gasteiger partial charge in [-0.2, -0.15) is 0 Å². The molecule has 5 heteroatoms. The van der Waals surface area contributed by atoms with E-state index in [2.05, 4.69) is 4.99 Å². The summed E-state index contributed by atoms with van der Waals surface area (Å²) in [4.78, 5) is 18.5. The van der Waals surface area contributed by atoms with Crippen molar-refractivity contribution in [3.05, 3.63) is 65.1 Å². The molecule has 4 nitrogen and oxygen atoms in total. The molecule has 0 saturated carbocycles. The molecular weight excluding hydrogens is 308 g/mol. The Hall–Kier alpha value is -2.53. The number of aliphatic imine (C=N–C) groups is 1. The predicted molar refractivity (Wildman–Crippen MR) is 94.7 cm³/mol. The van der Waals surface area contributed by atoms with Crippen molar-refractivity contribution >= 4 is 28.9 Å². The topological polar surface area (TPSA) is 41.9 Å². The third kappa shape index (κ3) is 3.46. The maximum absolute atomic E-state index is 12.2. The zero-order valence-electron chi connectivity index (χ0n) is 12.9. The van der Waals surface area contributed by atoms with E-state index in [0.29, 0.717) is 10.1 Å². The molecule has 1 fully saturated rings. The highest BCUT2D eigenvalue weighted by molar-refractivity contribution is 8.18. The van der Waals surface area contributed by atoms with Gasteiger partial charge in [0.2, 0.25) is 0 Å². The molecule has 1 amide bonds. The average Bonchev–Trinajstić information content (AvgIpc) is 2.84. The van der Waals surface area contributed by atoms with Crippen LogP contribution in [-0.4, -0.2) is 30.1 Å². The van der Waals surface area contributed by atoms with Crippen molar-refractivity contribution in [3.63, 3.8) is 0 Å². The standard InChI is InChI=1S/C18H16N2O2S/c1-19-18-20(2)17(21)16(23-18)12-13-7-6-10-15(11-13)22-14-8-4-3-5-9-14/h3-12H,1-2H3/b16-12-,19-18?. The summed E-state index contributed by atoms with van der Waals surface area (Å²) < 4.78 is 5.82. The van der Waals surface area contributed by atoms with E-state index in [4.69, 9.17) is 4.74 Å². The minimum Gasteiger partial charge on any atom is -0.457 e. The molecule has 2 aromatic carbocycles. The first-order valence-corrected chi connectivity index (χ1v) is 7.96. The molecule has 23 heavy (non-hydrogen) atoms. The number of thioether (sulfide) groups is 1. The Balaban J connectivity index is 1.83. The van der Waals surface area contributed by atoms with Crippen LogP contribution in [0.15, 0.2) is 64.5 Å². The Morgan fingerprint density at radius 1 is 1.09 bits per heavy atom. The highest BCUT2D eigenvalue weighted by Gasteiger charge is 2.29. The van der Waals surface area contributed by atoms with Gasteiger partial charge in [-0.25, -0.2) is 0 Å². The van der Waals surface area contributed by atoms with Crippen LogP contribution < -0.4 is 4.74 Å². The monoisotopic (exact) mass is 324 g/mol. The van der Waals surface area contributed by atoms with Gasteiger partial charge in [0.1, 0.15) is 11.5 Å². The van der Waals surface area contributed by atoms with Gasteiger partial charge in [0.25, 0.3) is 5.91 Å². The number of benzene rings is 2. The molecule has 0 unspecified atom stereocenters. The van der Waals surface area contributed by atoms with Crippen LogP contribution in [0.25, 0.3) is 6.08 Å². The molecule has 0 aliphatic carbocycles. The zero-order valence-corrected chi connectivity index (χ0v) is 13.7. The Morgan fingerprint density at radius 3 is 2.52 bits per heavy atom. The van der Waals surface area contributed by atoms with Gasteiger partial charge >= 0.3 is 0 Å². The first-order valence-electron chi connectivity index (χ1n) is 7.15. The summed E-state index contributed by atoms with van der Waals surface area (Å²) in [5.41, 5.74) is 0.917. The second kappa shape index (κ2) is 6.71. The number of amidine groups is 1. The number of rotatable bonds is 3. The molecule has 3 rings (SSSR count). The molecule has 0 bridgehead atoms. The van der Waals surface area contributed by atoms with Crippen LogP contribution in [0.3, 0.4) is 0 Å². The zero-order chi connectivity index (χ0) is 16.2. The second-order valence-electron chi connectivity index (χ2n) is 4.97. The highest BCUT2D eigenvalue weighted by atomic mass is 32.2. The number of amides is 1. The van der Waals surface area contributed by atoms with Gasteiger partial charge in [0.05, 0.1) is 4.91 Å². The molecule has 0 aromatic heterocycles. The van der Waals surface area contributed by atoms with E-state index < -0.39 is 0 Å². The van der Waals surface area contributed by atoms with E-state index in [1.807, 2.05) is 60.7 Å². The van der Waals surface area contributed by atoms with Gasteiger partial charge in [-0.15, -0.1) is 0 Å². The predicted octanol–water partition coefficient (Wildman–Crippen LogP) is 4.01. The minimum absolute atomic E-state index is 0.0371. The van der Waals surface area contributed by atoms with E-state index in [1.165, 1.54) is 11.8 Å². The van der Waals surface area contributed by atoms with Crippen molar-refractivity contribution in [1.29, 1.82) is 0 Å². The van der Waals surface area contributed by atoms with Gasteiger partial charge in [0.15, 0.2) is 5.17 Å². The summed E-state index contributed by atoms with van der Waals surface area (Å²) in [5, 5.41) is 0.706. The summed E-state index contributed by atoms with van der Waals surface area (Å²) in [7, 11) is 3.41. The van der Waals surface area contributed by atoms with Crippen LogP contribution in [0.4, 0.5) is 0 Å². The number of carbonyl (C=O) groups is 1. The van der Waals surface area contributed by atoms with Crippen molar-refractivity contribution in [3.8, 4) is 11.5 Å². The number of likely N-dealkylation sites (N-methyl/N-ethyl adjacent to an activating group) is 1. The molecule has 1 aliphatic heterocycles. The van der Waals surface area contributed by atoms with Crippen molar-refractivity contribution < 1.29 is 9.53 Å². The van der Waals surface area contributed by atoms with Gasteiger partial charge in [0, 0.05) is 14.1 Å². The molecule has 0 atom stereocenters. The Labute approximate surface area is 139 Å². The Bertz CT molecular complexity index is 785. The fourth-order valence-electron chi connectivity index (χ4n) is 2.19. The smallest absolute Gasteiger partial charge is 0.266 e. The lowest BCUT2D eigenvalue weighted by Crippen LogP contribution is -2.23. The van der Waals surface area contributed by atoms with E-state index in [1.54, 1.807) is 19.0 Å². The molecular formula is C18H16N2O2S. The number of ether oxygens (including phenoxy) is 1. The van der Waals surface area contributed by atoms with Crippen molar-refractivity contribution in [2.45, 2.75) is 0 Å². The first kappa shape index (κ1) is 15.4. The fraction of sp³-hybridized carbons (Fsp3) is 0.111. The van der Waals surface area contributed by atoms with Gasteiger partial charge in [-0.3, -0.25) is 14.7 Å². The quantitative estimate of drug-likeness (QED) is 0.801. The van der Waals surface area contributed by atoms with Gasteiger partial charge in [-0.05, 0) is 47.7 Å². The lowest BCUT2D eigenvalue weighted by atomic mass is 10.2. The minimum atomic E-state index is -0.0371. The molecule has 0 spiro atoms. The molecule has 2 aromatic rings. The summed E-state index contributed by atoms with van der Waals surface area (Å²) in [6.45, 7) is 0.